The molecule has 1 aliphatic heterocycles. The Kier molecular flexibility index (Phi) is 5.85. The molecule has 1 heterocycles. The number of carbonyl (C=O) groups is 2. The lowest BCUT2D eigenvalue weighted by Gasteiger charge is -2.28. The predicted octanol–water partition coefficient (Wildman–Crippen LogP) is 4.33. The quantitative estimate of drug-likeness (QED) is 0.443. The number of nitrogens with zero attached hydrogens (tertiary/aromatic N) is 2. The minimum absolute atomic E-state index is 0.00521. The highest BCUT2D eigenvalue weighted by atomic mass is 16.6. The zero-order valence-electron chi connectivity index (χ0n) is 17.4. The maximum atomic E-state index is 13.1. The smallest absolute Gasteiger partial charge is 0.271 e. The first kappa shape index (κ1) is 21.0. The Morgan fingerprint density at radius 3 is 2.56 bits per heavy atom. The van der Waals surface area contributed by atoms with Crippen LogP contribution in [0, 0.1) is 10.1 Å². The van der Waals surface area contributed by atoms with Gasteiger partial charge in [-0.15, -0.1) is 0 Å². The van der Waals surface area contributed by atoms with Crippen molar-refractivity contribution in [3.05, 3.63) is 99.6 Å². The van der Waals surface area contributed by atoms with Crippen LogP contribution in [0.5, 0.6) is 5.75 Å². The van der Waals surface area contributed by atoms with Crippen LogP contribution in [0.3, 0.4) is 0 Å². The van der Waals surface area contributed by atoms with Crippen molar-refractivity contribution < 1.29 is 19.2 Å². The third kappa shape index (κ3) is 4.29. The summed E-state index contributed by atoms with van der Waals surface area (Å²) in [6.07, 6.45) is -0.00521. The topological polar surface area (TPSA) is 102 Å². The van der Waals surface area contributed by atoms with E-state index in [9.17, 15) is 19.7 Å². The molecular weight excluding hydrogens is 410 g/mol. The van der Waals surface area contributed by atoms with E-state index in [1.54, 1.807) is 36.3 Å². The van der Waals surface area contributed by atoms with E-state index in [0.717, 1.165) is 11.1 Å². The normalized spacial score (nSPS) is 13.4. The molecule has 3 aromatic carbocycles. The van der Waals surface area contributed by atoms with Gasteiger partial charge in [0.05, 0.1) is 24.5 Å². The molecule has 1 atom stereocenters. The number of nitro benzene ring substituents is 1. The van der Waals surface area contributed by atoms with Crippen molar-refractivity contribution in [1.82, 2.24) is 4.90 Å². The number of fused-ring (bicyclic) bond motifs is 1. The highest BCUT2D eigenvalue weighted by molar-refractivity contribution is 5.99. The van der Waals surface area contributed by atoms with E-state index >= 15 is 0 Å². The number of benzene rings is 3. The van der Waals surface area contributed by atoms with Gasteiger partial charge in [0.25, 0.3) is 11.6 Å². The van der Waals surface area contributed by atoms with Crippen LogP contribution in [-0.4, -0.2) is 28.7 Å². The summed E-state index contributed by atoms with van der Waals surface area (Å²) in [5, 5.41) is 13.7. The van der Waals surface area contributed by atoms with Crippen LogP contribution in [0.25, 0.3) is 0 Å². The Bertz CT molecular complexity index is 1180. The van der Waals surface area contributed by atoms with Gasteiger partial charge in [-0.3, -0.25) is 19.7 Å². The first-order valence-electron chi connectivity index (χ1n) is 10.0. The van der Waals surface area contributed by atoms with Gasteiger partial charge in [-0.05, 0) is 35.4 Å². The predicted molar refractivity (Wildman–Crippen MR) is 118 cm³/mol. The molecule has 0 saturated carbocycles. The average Bonchev–Trinajstić information content (AvgIpc) is 3.14. The zero-order valence-corrected chi connectivity index (χ0v) is 17.4. The number of nitro groups is 1. The lowest BCUT2D eigenvalue weighted by Crippen LogP contribution is -2.32. The van der Waals surface area contributed by atoms with Crippen molar-refractivity contribution in [1.29, 1.82) is 0 Å². The van der Waals surface area contributed by atoms with Crippen molar-refractivity contribution in [3.8, 4) is 5.75 Å². The lowest BCUT2D eigenvalue weighted by molar-refractivity contribution is -0.384. The molecule has 0 radical (unpaired) electrons. The molecule has 0 bridgehead atoms. The number of anilines is 1. The molecule has 0 aliphatic carbocycles. The Labute approximate surface area is 184 Å². The fourth-order valence-electron chi connectivity index (χ4n) is 3.85. The number of methoxy groups -OCH3 is 1. The lowest BCUT2D eigenvalue weighted by atomic mass is 10.0. The molecule has 3 aromatic rings. The van der Waals surface area contributed by atoms with Gasteiger partial charge in [-0.1, -0.05) is 36.4 Å². The third-order valence-electron chi connectivity index (χ3n) is 5.45. The molecule has 32 heavy (non-hydrogen) atoms. The Hall–Kier alpha value is -4.20. The van der Waals surface area contributed by atoms with Crippen molar-refractivity contribution in [2.75, 3.05) is 12.4 Å². The number of amides is 2. The van der Waals surface area contributed by atoms with E-state index in [2.05, 4.69) is 5.32 Å². The van der Waals surface area contributed by atoms with Crippen LogP contribution in [-0.2, 0) is 11.3 Å². The highest BCUT2D eigenvalue weighted by Crippen LogP contribution is 2.34. The van der Waals surface area contributed by atoms with Gasteiger partial charge in [-0.25, -0.2) is 0 Å². The second kappa shape index (κ2) is 8.89. The first-order chi connectivity index (χ1) is 15.5. The second-order valence-corrected chi connectivity index (χ2v) is 7.44. The molecular formula is C24H21N3O5. The van der Waals surface area contributed by atoms with Gasteiger partial charge < -0.3 is 15.0 Å². The van der Waals surface area contributed by atoms with Gasteiger partial charge >= 0.3 is 0 Å². The minimum atomic E-state index is -0.518. The number of carbonyl (C=O) groups excluding carboxylic acids is 2. The molecule has 0 saturated heterocycles. The molecule has 8 heteroatoms. The summed E-state index contributed by atoms with van der Waals surface area (Å²) in [5.74, 6) is 0.184. The van der Waals surface area contributed by atoms with Gasteiger partial charge in [0.2, 0.25) is 5.91 Å². The third-order valence-corrected chi connectivity index (χ3v) is 5.45. The van der Waals surface area contributed by atoms with Crippen molar-refractivity contribution in [2.24, 2.45) is 0 Å². The van der Waals surface area contributed by atoms with Crippen LogP contribution in [0.2, 0.25) is 0 Å². The van der Waals surface area contributed by atoms with E-state index < -0.39 is 11.0 Å². The van der Waals surface area contributed by atoms with Gasteiger partial charge in [0, 0.05) is 29.9 Å². The van der Waals surface area contributed by atoms with Gasteiger partial charge in [0.1, 0.15) is 5.75 Å². The standard InChI is InChI=1S/C24H21N3O5/c1-32-20-11-9-16(10-12-20)22(26-15-17-5-2-3-8-21(17)24(26)29)14-23(28)25-18-6-4-7-19(13-18)27(30)31/h2-13,22H,14-15H2,1H3,(H,25,28)/t22-/m1/s1. The van der Waals surface area contributed by atoms with Crippen molar-refractivity contribution >= 4 is 23.2 Å². The molecule has 2 amide bonds. The number of non-ortho nitro benzene ring substituents is 1. The van der Waals surface area contributed by atoms with Crippen molar-refractivity contribution in [3.63, 3.8) is 0 Å². The molecule has 0 aromatic heterocycles. The molecule has 0 unspecified atom stereocenters. The monoisotopic (exact) mass is 431 g/mol. The number of nitrogens with one attached hydrogen (secondary N) is 1. The molecule has 4 rings (SSSR count). The van der Waals surface area contributed by atoms with E-state index in [0.29, 0.717) is 23.5 Å². The molecule has 0 fully saturated rings. The minimum Gasteiger partial charge on any atom is -0.497 e. The van der Waals surface area contributed by atoms with E-state index in [4.69, 9.17) is 4.74 Å². The van der Waals surface area contributed by atoms with Crippen LogP contribution in [0.4, 0.5) is 11.4 Å². The van der Waals surface area contributed by atoms with Crippen LogP contribution in [0.1, 0.15) is 33.9 Å². The van der Waals surface area contributed by atoms with E-state index in [-0.39, 0.29) is 23.9 Å². The first-order valence-corrected chi connectivity index (χ1v) is 10.0. The fourth-order valence-corrected chi connectivity index (χ4v) is 3.85. The summed E-state index contributed by atoms with van der Waals surface area (Å²) in [6.45, 7) is 0.399. The van der Waals surface area contributed by atoms with E-state index in [1.165, 1.54) is 18.2 Å². The molecule has 1 N–H and O–H groups in total. The maximum Gasteiger partial charge on any atom is 0.271 e. The van der Waals surface area contributed by atoms with Gasteiger partial charge in [0.15, 0.2) is 0 Å². The van der Waals surface area contributed by atoms with Crippen LogP contribution < -0.4 is 10.1 Å². The summed E-state index contributed by atoms with van der Waals surface area (Å²) >= 11 is 0. The SMILES string of the molecule is COc1ccc([C@@H](CC(=O)Nc2cccc([N+](=O)[O-])c2)N2Cc3ccccc3C2=O)cc1. The van der Waals surface area contributed by atoms with Crippen LogP contribution >= 0.6 is 0 Å². The van der Waals surface area contributed by atoms with E-state index in [1.807, 2.05) is 30.3 Å². The van der Waals surface area contributed by atoms with Crippen LogP contribution in [0.15, 0.2) is 72.8 Å². The summed E-state index contributed by atoms with van der Waals surface area (Å²) < 4.78 is 5.22. The largest absolute Gasteiger partial charge is 0.497 e. The molecule has 162 valence electrons. The number of rotatable bonds is 7. The van der Waals surface area contributed by atoms with Crippen molar-refractivity contribution in [2.45, 2.75) is 19.0 Å². The molecule has 0 spiro atoms. The number of ether oxygens (including phenoxy) is 1. The molecule has 1 aliphatic rings. The highest BCUT2D eigenvalue weighted by Gasteiger charge is 2.34. The Morgan fingerprint density at radius 1 is 1.12 bits per heavy atom. The summed E-state index contributed by atoms with van der Waals surface area (Å²) in [5.41, 5.74) is 2.55. The average molecular weight is 431 g/mol. The second-order valence-electron chi connectivity index (χ2n) is 7.44. The maximum absolute atomic E-state index is 13.1. The zero-order chi connectivity index (χ0) is 22.7. The fraction of sp³-hybridized carbons (Fsp3) is 0.167. The number of hydrogen-bond donors (Lipinski definition) is 1. The Balaban J connectivity index is 1.59. The summed E-state index contributed by atoms with van der Waals surface area (Å²) in [6, 6.07) is 19.9. The Morgan fingerprint density at radius 2 is 1.88 bits per heavy atom. The molecule has 8 nitrogen and oxygen atoms in total. The summed E-state index contributed by atoms with van der Waals surface area (Å²) in [7, 11) is 1.57. The summed E-state index contributed by atoms with van der Waals surface area (Å²) in [4.78, 5) is 38.2. The number of hydrogen-bond acceptors (Lipinski definition) is 5. The van der Waals surface area contributed by atoms with Gasteiger partial charge in [-0.2, -0.15) is 0 Å².